The molecule has 7 nitrogen and oxygen atoms in total. The first-order valence-corrected chi connectivity index (χ1v) is 11.7. The molecule has 2 amide bonds. The van der Waals surface area contributed by atoms with Gasteiger partial charge in [-0.2, -0.15) is 0 Å². The van der Waals surface area contributed by atoms with Gasteiger partial charge in [0.1, 0.15) is 17.5 Å². The second-order valence-corrected chi connectivity index (χ2v) is 8.62. The van der Waals surface area contributed by atoms with E-state index in [1.54, 1.807) is 19.2 Å². The molecular formula is C27H30N4O3. The van der Waals surface area contributed by atoms with E-state index < -0.39 is 11.9 Å². The van der Waals surface area contributed by atoms with Crippen LogP contribution >= 0.6 is 0 Å². The molecule has 1 aliphatic carbocycles. The van der Waals surface area contributed by atoms with Crippen molar-refractivity contribution in [2.75, 3.05) is 12.0 Å². The highest BCUT2D eigenvalue weighted by molar-refractivity contribution is 6.09. The van der Waals surface area contributed by atoms with Gasteiger partial charge >= 0.3 is 0 Å². The summed E-state index contributed by atoms with van der Waals surface area (Å²) in [7, 11) is 1.60. The number of nitrogens with one attached hydrogen (secondary N) is 1. The predicted molar refractivity (Wildman–Crippen MR) is 131 cm³/mol. The fourth-order valence-electron chi connectivity index (χ4n) is 4.35. The van der Waals surface area contributed by atoms with Crippen LogP contribution < -0.4 is 15.0 Å². The third-order valence-corrected chi connectivity index (χ3v) is 6.20. The lowest BCUT2D eigenvalue weighted by Crippen LogP contribution is -2.47. The van der Waals surface area contributed by atoms with Crippen molar-refractivity contribution in [2.45, 2.75) is 51.1 Å². The number of benzene rings is 2. The molecule has 1 fully saturated rings. The third-order valence-electron chi connectivity index (χ3n) is 6.20. The first kappa shape index (κ1) is 23.4. The lowest BCUT2D eigenvalue weighted by Gasteiger charge is -2.33. The maximum atomic E-state index is 13.8. The van der Waals surface area contributed by atoms with Crippen molar-refractivity contribution >= 4 is 17.5 Å². The number of ether oxygens (including phenoxy) is 1. The van der Waals surface area contributed by atoms with E-state index in [1.807, 2.05) is 43.3 Å². The Labute approximate surface area is 200 Å². The summed E-state index contributed by atoms with van der Waals surface area (Å²) >= 11 is 0. The van der Waals surface area contributed by atoms with Gasteiger partial charge in [-0.1, -0.05) is 49.1 Å². The number of carbonyl (C=O) groups excluding carboxylic acids is 2. The molecule has 1 heterocycles. The highest BCUT2D eigenvalue weighted by atomic mass is 16.5. The van der Waals surface area contributed by atoms with Crippen LogP contribution in [0, 0.1) is 6.92 Å². The second kappa shape index (κ2) is 10.9. The molecule has 2 aromatic carbocycles. The summed E-state index contributed by atoms with van der Waals surface area (Å²) in [5.74, 6) is 0.0729. The van der Waals surface area contributed by atoms with E-state index in [0.717, 1.165) is 31.2 Å². The molecule has 0 saturated heterocycles. The van der Waals surface area contributed by atoms with E-state index in [1.165, 1.54) is 29.9 Å². The average Bonchev–Trinajstić information content (AvgIpc) is 2.89. The van der Waals surface area contributed by atoms with Gasteiger partial charge in [0.15, 0.2) is 0 Å². The summed E-state index contributed by atoms with van der Waals surface area (Å²) in [6.45, 7) is 1.98. The van der Waals surface area contributed by atoms with Gasteiger partial charge in [0.05, 0.1) is 13.3 Å². The molecule has 0 unspecified atom stereocenters. The van der Waals surface area contributed by atoms with Gasteiger partial charge in [-0.05, 0) is 49.6 Å². The fraction of sp³-hybridized carbons (Fsp3) is 0.333. The Morgan fingerprint density at radius 2 is 1.71 bits per heavy atom. The Hall–Kier alpha value is -3.74. The smallest absolute Gasteiger partial charge is 0.279 e. The standard InChI is InChI=1S/C27H30N4O3/c1-19-8-12-22(13-9-19)31(27(33)24-18-28-16-17-29-24)25(20-10-14-23(34-2)15-11-20)26(32)30-21-6-4-3-5-7-21/h8-18,21,25H,3-7H2,1-2H3,(H,30,32)/t25-/m0/s1. The van der Waals surface area contributed by atoms with E-state index in [-0.39, 0.29) is 17.6 Å². The Morgan fingerprint density at radius 3 is 2.32 bits per heavy atom. The Bertz CT molecular complexity index is 1090. The molecule has 0 spiro atoms. The van der Waals surface area contributed by atoms with E-state index in [9.17, 15) is 9.59 Å². The number of rotatable bonds is 7. The number of aromatic nitrogens is 2. The van der Waals surface area contributed by atoms with Crippen molar-refractivity contribution in [3.63, 3.8) is 0 Å². The molecule has 1 atom stereocenters. The van der Waals surface area contributed by atoms with Crippen LogP contribution in [0.2, 0.25) is 0 Å². The van der Waals surface area contributed by atoms with Crippen LogP contribution in [0.1, 0.15) is 59.8 Å². The minimum absolute atomic E-state index is 0.105. The van der Waals surface area contributed by atoms with Gasteiger partial charge in [-0.15, -0.1) is 0 Å². The van der Waals surface area contributed by atoms with Crippen LogP contribution in [0.25, 0.3) is 0 Å². The highest BCUT2D eigenvalue weighted by Gasteiger charge is 2.35. The maximum Gasteiger partial charge on any atom is 0.279 e. The van der Waals surface area contributed by atoms with Gasteiger partial charge in [-0.25, -0.2) is 4.98 Å². The van der Waals surface area contributed by atoms with E-state index in [4.69, 9.17) is 4.74 Å². The summed E-state index contributed by atoms with van der Waals surface area (Å²) in [5.41, 5.74) is 2.53. The number of methoxy groups -OCH3 is 1. The number of aryl methyl sites for hydroxylation is 1. The molecular weight excluding hydrogens is 428 g/mol. The van der Waals surface area contributed by atoms with Crippen LogP contribution in [0.5, 0.6) is 5.75 Å². The zero-order valence-corrected chi connectivity index (χ0v) is 19.6. The average molecular weight is 459 g/mol. The molecule has 1 saturated carbocycles. The molecule has 3 aromatic rings. The lowest BCUT2D eigenvalue weighted by molar-refractivity contribution is -0.123. The molecule has 7 heteroatoms. The molecule has 0 aliphatic heterocycles. The summed E-state index contributed by atoms with van der Waals surface area (Å²) in [5, 5.41) is 3.21. The molecule has 34 heavy (non-hydrogen) atoms. The van der Waals surface area contributed by atoms with Crippen molar-refractivity contribution in [1.82, 2.24) is 15.3 Å². The van der Waals surface area contributed by atoms with Crippen molar-refractivity contribution in [3.05, 3.63) is 83.9 Å². The van der Waals surface area contributed by atoms with Crippen molar-refractivity contribution < 1.29 is 14.3 Å². The summed E-state index contributed by atoms with van der Waals surface area (Å²) in [6.07, 6.45) is 9.70. The first-order valence-electron chi connectivity index (χ1n) is 11.7. The SMILES string of the molecule is COc1ccc([C@@H](C(=O)NC2CCCCC2)N(C(=O)c2cnccn2)c2ccc(C)cc2)cc1. The molecule has 1 N–H and O–H groups in total. The third kappa shape index (κ3) is 5.42. The first-order chi connectivity index (χ1) is 16.6. The number of nitrogens with zero attached hydrogens (tertiary/aromatic N) is 3. The topological polar surface area (TPSA) is 84.4 Å². The number of hydrogen-bond donors (Lipinski definition) is 1. The van der Waals surface area contributed by atoms with E-state index in [0.29, 0.717) is 17.0 Å². The van der Waals surface area contributed by atoms with Crippen LogP contribution in [0.3, 0.4) is 0 Å². The molecule has 0 radical (unpaired) electrons. The molecule has 0 bridgehead atoms. The van der Waals surface area contributed by atoms with E-state index in [2.05, 4.69) is 15.3 Å². The minimum Gasteiger partial charge on any atom is -0.497 e. The summed E-state index contributed by atoms with van der Waals surface area (Å²) in [4.78, 5) is 37.4. The van der Waals surface area contributed by atoms with Crippen LogP contribution in [-0.2, 0) is 4.79 Å². The Kier molecular flexibility index (Phi) is 7.52. The summed E-state index contributed by atoms with van der Waals surface area (Å²) in [6, 6.07) is 14.0. The number of hydrogen-bond acceptors (Lipinski definition) is 5. The van der Waals surface area contributed by atoms with Crippen LogP contribution in [0.15, 0.2) is 67.1 Å². The Morgan fingerprint density at radius 1 is 1.00 bits per heavy atom. The Balaban J connectivity index is 1.79. The van der Waals surface area contributed by atoms with Crippen LogP contribution in [-0.4, -0.2) is 34.9 Å². The number of anilines is 1. The van der Waals surface area contributed by atoms with Gasteiger partial charge < -0.3 is 10.1 Å². The zero-order valence-electron chi connectivity index (χ0n) is 19.6. The summed E-state index contributed by atoms with van der Waals surface area (Å²) < 4.78 is 5.31. The molecule has 176 valence electrons. The van der Waals surface area contributed by atoms with Gasteiger partial charge in [0.2, 0.25) is 5.91 Å². The predicted octanol–water partition coefficient (Wildman–Crippen LogP) is 4.63. The largest absolute Gasteiger partial charge is 0.497 e. The monoisotopic (exact) mass is 458 g/mol. The van der Waals surface area contributed by atoms with Gasteiger partial charge in [0, 0.05) is 24.1 Å². The molecule has 1 aliphatic rings. The normalized spacial score (nSPS) is 14.8. The molecule has 1 aromatic heterocycles. The van der Waals surface area contributed by atoms with Gasteiger partial charge in [-0.3, -0.25) is 19.5 Å². The fourth-order valence-corrected chi connectivity index (χ4v) is 4.35. The number of carbonyl (C=O) groups is 2. The number of amides is 2. The lowest BCUT2D eigenvalue weighted by atomic mass is 9.94. The van der Waals surface area contributed by atoms with Crippen molar-refractivity contribution in [1.29, 1.82) is 0 Å². The van der Waals surface area contributed by atoms with Gasteiger partial charge in [0.25, 0.3) is 5.91 Å². The quantitative estimate of drug-likeness (QED) is 0.558. The van der Waals surface area contributed by atoms with E-state index >= 15 is 0 Å². The molecule has 4 rings (SSSR count). The van der Waals surface area contributed by atoms with Crippen molar-refractivity contribution in [3.8, 4) is 5.75 Å². The van der Waals surface area contributed by atoms with Crippen molar-refractivity contribution in [2.24, 2.45) is 0 Å². The zero-order chi connectivity index (χ0) is 23.9. The highest BCUT2D eigenvalue weighted by Crippen LogP contribution is 2.31. The second-order valence-electron chi connectivity index (χ2n) is 8.62. The van der Waals surface area contributed by atoms with Crippen LogP contribution in [0.4, 0.5) is 5.69 Å². The minimum atomic E-state index is -0.884. The maximum absolute atomic E-state index is 13.8.